The molecular formula is C24H19ClN2O2S. The standard InChI is InChI=1S/C24H19ClN2O2S/c1-15-3-8-19(9-4-15)26-24-27(20-10-5-16(2)6-11-20)23(29)22(30-24)14-17-13-18(25)7-12-21(17)28/h3-14,28H,1-2H3. The van der Waals surface area contributed by atoms with Crippen LogP contribution in [0.15, 0.2) is 76.6 Å². The topological polar surface area (TPSA) is 52.9 Å². The molecule has 0 radical (unpaired) electrons. The number of halogens is 1. The molecule has 1 N–H and O–H groups in total. The van der Waals surface area contributed by atoms with E-state index in [9.17, 15) is 9.90 Å². The van der Waals surface area contributed by atoms with Crippen LogP contribution in [0.25, 0.3) is 6.08 Å². The Kier molecular flexibility index (Phi) is 5.66. The highest BCUT2D eigenvalue weighted by atomic mass is 35.5. The molecule has 6 heteroatoms. The number of aryl methyl sites for hydroxylation is 2. The van der Waals surface area contributed by atoms with Crippen LogP contribution in [0.4, 0.5) is 11.4 Å². The van der Waals surface area contributed by atoms with Crippen molar-refractivity contribution >= 4 is 51.9 Å². The number of hydrogen-bond acceptors (Lipinski definition) is 4. The zero-order chi connectivity index (χ0) is 21.3. The zero-order valence-electron chi connectivity index (χ0n) is 16.5. The Morgan fingerprint density at radius 3 is 2.27 bits per heavy atom. The number of phenolic OH excluding ortho intramolecular Hbond substituents is 1. The molecule has 1 fully saturated rings. The van der Waals surface area contributed by atoms with E-state index in [1.165, 1.54) is 17.8 Å². The minimum Gasteiger partial charge on any atom is -0.507 e. The molecule has 3 aromatic rings. The van der Waals surface area contributed by atoms with Gasteiger partial charge in [-0.1, -0.05) is 47.0 Å². The molecule has 0 spiro atoms. The zero-order valence-corrected chi connectivity index (χ0v) is 18.0. The predicted octanol–water partition coefficient (Wildman–Crippen LogP) is 6.47. The second kappa shape index (κ2) is 8.38. The lowest BCUT2D eigenvalue weighted by Crippen LogP contribution is -2.28. The van der Waals surface area contributed by atoms with Crippen molar-refractivity contribution in [1.29, 1.82) is 0 Å². The van der Waals surface area contributed by atoms with Crippen molar-refractivity contribution < 1.29 is 9.90 Å². The lowest BCUT2D eigenvalue weighted by molar-refractivity contribution is -0.113. The van der Waals surface area contributed by atoms with Gasteiger partial charge in [0.1, 0.15) is 5.75 Å². The van der Waals surface area contributed by atoms with Crippen molar-refractivity contribution in [3.05, 3.63) is 93.3 Å². The third-order valence-corrected chi connectivity index (χ3v) is 5.84. The molecule has 4 rings (SSSR count). The van der Waals surface area contributed by atoms with Crippen LogP contribution in [-0.4, -0.2) is 16.2 Å². The van der Waals surface area contributed by atoms with Gasteiger partial charge in [0.15, 0.2) is 5.17 Å². The van der Waals surface area contributed by atoms with E-state index in [1.807, 2.05) is 62.4 Å². The summed E-state index contributed by atoms with van der Waals surface area (Å²) in [7, 11) is 0. The number of benzene rings is 3. The van der Waals surface area contributed by atoms with E-state index in [4.69, 9.17) is 16.6 Å². The van der Waals surface area contributed by atoms with Crippen molar-refractivity contribution in [2.24, 2.45) is 4.99 Å². The van der Waals surface area contributed by atoms with Gasteiger partial charge in [0.05, 0.1) is 16.3 Å². The summed E-state index contributed by atoms with van der Waals surface area (Å²) in [6.45, 7) is 4.01. The Balaban J connectivity index is 1.79. The summed E-state index contributed by atoms with van der Waals surface area (Å²) in [5, 5.41) is 11.2. The molecule has 0 aromatic heterocycles. The third-order valence-electron chi connectivity index (χ3n) is 4.63. The molecule has 3 aromatic carbocycles. The normalized spacial score (nSPS) is 16.6. The fourth-order valence-corrected chi connectivity index (χ4v) is 4.15. The molecule has 0 aliphatic carbocycles. The van der Waals surface area contributed by atoms with Gasteiger partial charge in [0.25, 0.3) is 5.91 Å². The monoisotopic (exact) mass is 434 g/mol. The average Bonchev–Trinajstić information content (AvgIpc) is 3.02. The predicted molar refractivity (Wildman–Crippen MR) is 126 cm³/mol. The maximum absolute atomic E-state index is 13.3. The van der Waals surface area contributed by atoms with Gasteiger partial charge >= 0.3 is 0 Å². The third kappa shape index (κ3) is 4.27. The van der Waals surface area contributed by atoms with Crippen molar-refractivity contribution in [1.82, 2.24) is 0 Å². The quantitative estimate of drug-likeness (QED) is 0.480. The molecular weight excluding hydrogens is 416 g/mol. The van der Waals surface area contributed by atoms with Gasteiger partial charge in [-0.3, -0.25) is 9.69 Å². The molecule has 30 heavy (non-hydrogen) atoms. The van der Waals surface area contributed by atoms with E-state index >= 15 is 0 Å². The van der Waals surface area contributed by atoms with Gasteiger partial charge in [0, 0.05) is 10.6 Å². The van der Waals surface area contributed by atoms with E-state index in [2.05, 4.69) is 0 Å². The number of phenols is 1. The van der Waals surface area contributed by atoms with Crippen molar-refractivity contribution in [2.75, 3.05) is 4.90 Å². The first kappa shape index (κ1) is 20.3. The first-order valence-electron chi connectivity index (χ1n) is 9.35. The summed E-state index contributed by atoms with van der Waals surface area (Å²) in [5.74, 6) is -0.139. The molecule has 0 unspecified atom stereocenters. The number of carbonyl (C=O) groups is 1. The Hall–Kier alpha value is -3.02. The summed E-state index contributed by atoms with van der Waals surface area (Å²) in [4.78, 5) is 20.1. The number of anilines is 1. The van der Waals surface area contributed by atoms with Crippen molar-refractivity contribution in [3.63, 3.8) is 0 Å². The van der Waals surface area contributed by atoms with Crippen LogP contribution in [0.3, 0.4) is 0 Å². The van der Waals surface area contributed by atoms with Gasteiger partial charge in [-0.15, -0.1) is 0 Å². The van der Waals surface area contributed by atoms with Gasteiger partial charge in [-0.25, -0.2) is 4.99 Å². The summed E-state index contributed by atoms with van der Waals surface area (Å²) in [6, 6.07) is 20.3. The summed E-state index contributed by atoms with van der Waals surface area (Å²) >= 11 is 7.33. The van der Waals surface area contributed by atoms with E-state index in [0.29, 0.717) is 20.7 Å². The number of nitrogens with zero attached hydrogens (tertiary/aromatic N) is 2. The van der Waals surface area contributed by atoms with Crippen LogP contribution < -0.4 is 4.90 Å². The number of aromatic hydroxyl groups is 1. The summed E-state index contributed by atoms with van der Waals surface area (Å²) in [5.41, 5.74) is 4.23. The average molecular weight is 435 g/mol. The van der Waals surface area contributed by atoms with Crippen LogP contribution in [0.5, 0.6) is 5.75 Å². The maximum Gasteiger partial charge on any atom is 0.271 e. The number of thioether (sulfide) groups is 1. The SMILES string of the molecule is Cc1ccc(N=C2SC(=Cc3cc(Cl)ccc3O)C(=O)N2c2ccc(C)cc2)cc1. The highest BCUT2D eigenvalue weighted by Gasteiger charge is 2.35. The first-order chi connectivity index (χ1) is 14.4. The molecule has 1 aliphatic rings. The van der Waals surface area contributed by atoms with Crippen LogP contribution in [0.2, 0.25) is 5.02 Å². The number of carbonyl (C=O) groups excluding carboxylic acids is 1. The maximum atomic E-state index is 13.3. The van der Waals surface area contributed by atoms with Gasteiger partial charge in [0.2, 0.25) is 0 Å². The van der Waals surface area contributed by atoms with Crippen LogP contribution in [0, 0.1) is 13.8 Å². The minimum absolute atomic E-state index is 0.0612. The molecule has 1 amide bonds. The number of hydrogen-bond donors (Lipinski definition) is 1. The van der Waals surface area contributed by atoms with Gasteiger partial charge < -0.3 is 5.11 Å². The fourth-order valence-electron chi connectivity index (χ4n) is 2.98. The smallest absolute Gasteiger partial charge is 0.271 e. The number of aliphatic imine (C=N–C) groups is 1. The number of amides is 1. The Morgan fingerprint density at radius 2 is 1.60 bits per heavy atom. The van der Waals surface area contributed by atoms with Crippen LogP contribution >= 0.6 is 23.4 Å². The number of amidine groups is 1. The summed E-state index contributed by atoms with van der Waals surface area (Å²) < 4.78 is 0. The highest BCUT2D eigenvalue weighted by Crippen LogP contribution is 2.38. The highest BCUT2D eigenvalue weighted by molar-refractivity contribution is 8.19. The molecule has 1 saturated heterocycles. The van der Waals surface area contributed by atoms with Crippen molar-refractivity contribution in [2.45, 2.75) is 13.8 Å². The Morgan fingerprint density at radius 1 is 0.967 bits per heavy atom. The largest absolute Gasteiger partial charge is 0.507 e. The van der Waals surface area contributed by atoms with Crippen LogP contribution in [-0.2, 0) is 4.79 Å². The fraction of sp³-hybridized carbons (Fsp3) is 0.0833. The van der Waals surface area contributed by atoms with E-state index in [1.54, 1.807) is 23.1 Å². The first-order valence-corrected chi connectivity index (χ1v) is 10.5. The lowest BCUT2D eigenvalue weighted by Gasteiger charge is -2.16. The second-order valence-corrected chi connectivity index (χ2v) is 8.47. The minimum atomic E-state index is -0.200. The number of rotatable bonds is 3. The molecule has 1 aliphatic heterocycles. The van der Waals surface area contributed by atoms with Gasteiger partial charge in [-0.2, -0.15) is 0 Å². The molecule has 0 saturated carbocycles. The second-order valence-electron chi connectivity index (χ2n) is 7.02. The molecule has 4 nitrogen and oxygen atoms in total. The lowest BCUT2D eigenvalue weighted by atomic mass is 10.1. The summed E-state index contributed by atoms with van der Waals surface area (Å²) in [6.07, 6.45) is 1.65. The van der Waals surface area contributed by atoms with Gasteiger partial charge in [-0.05, 0) is 74.1 Å². The van der Waals surface area contributed by atoms with E-state index in [0.717, 1.165) is 22.5 Å². The van der Waals surface area contributed by atoms with Crippen LogP contribution in [0.1, 0.15) is 16.7 Å². The van der Waals surface area contributed by atoms with Crippen molar-refractivity contribution in [3.8, 4) is 5.75 Å². The Bertz CT molecular complexity index is 1170. The van der Waals surface area contributed by atoms with E-state index < -0.39 is 0 Å². The molecule has 0 bridgehead atoms. The molecule has 0 atom stereocenters. The Labute approximate surface area is 184 Å². The van der Waals surface area contributed by atoms with E-state index in [-0.39, 0.29) is 11.7 Å². The molecule has 1 heterocycles. The molecule has 150 valence electrons.